The fraction of sp³-hybridized carbons (Fsp3) is 0.229. The van der Waals surface area contributed by atoms with Gasteiger partial charge < -0.3 is 9.15 Å². The number of nitrogens with one attached hydrogen (secondary N) is 2. The van der Waals surface area contributed by atoms with Gasteiger partial charge in [0.1, 0.15) is 25.0 Å². The van der Waals surface area contributed by atoms with Crippen LogP contribution in [0, 0.1) is 16.0 Å². The lowest BCUT2D eigenvalue weighted by molar-refractivity contribution is -0.384. The third-order valence-corrected chi connectivity index (χ3v) is 8.22. The molecular weight excluding hydrogens is 634 g/mol. The molecule has 6 rings (SSSR count). The van der Waals surface area contributed by atoms with E-state index in [9.17, 15) is 29.3 Å². The van der Waals surface area contributed by atoms with Crippen molar-refractivity contribution in [2.75, 3.05) is 13.2 Å². The molecule has 0 unspecified atom stereocenters. The SMILES string of the molecule is CC(C)[C@H](NOCc1cc(-c2ccc([N+](=O)[O-])cc2)oc1/C=N/N1CC(=O)NC1=O)C(=O)C(=O)OCC1c2ccccc2-c2ccccc21. The van der Waals surface area contributed by atoms with E-state index in [1.807, 2.05) is 48.5 Å². The first kappa shape index (κ1) is 32.9. The van der Waals surface area contributed by atoms with Crippen molar-refractivity contribution in [3.8, 4) is 22.5 Å². The van der Waals surface area contributed by atoms with Gasteiger partial charge in [0, 0.05) is 29.2 Å². The van der Waals surface area contributed by atoms with Crippen molar-refractivity contribution in [2.45, 2.75) is 32.4 Å². The van der Waals surface area contributed by atoms with E-state index in [-0.39, 0.29) is 43.0 Å². The van der Waals surface area contributed by atoms with Crippen molar-refractivity contribution >= 4 is 35.6 Å². The van der Waals surface area contributed by atoms with Gasteiger partial charge in [-0.25, -0.2) is 14.6 Å². The molecule has 250 valence electrons. The maximum absolute atomic E-state index is 13.3. The Morgan fingerprint density at radius 3 is 2.31 bits per heavy atom. The Morgan fingerprint density at radius 2 is 1.71 bits per heavy atom. The van der Waals surface area contributed by atoms with Crippen molar-refractivity contribution in [3.63, 3.8) is 0 Å². The Labute approximate surface area is 279 Å². The van der Waals surface area contributed by atoms with E-state index in [1.54, 1.807) is 19.9 Å². The Morgan fingerprint density at radius 1 is 1.06 bits per heavy atom. The number of Topliss-reactive ketones (excluding diaryl/α,β-unsaturated/α-hetero) is 1. The number of rotatable bonds is 13. The van der Waals surface area contributed by atoms with E-state index in [1.165, 1.54) is 30.5 Å². The molecule has 2 N–H and O–H groups in total. The maximum atomic E-state index is 13.3. The summed E-state index contributed by atoms with van der Waals surface area (Å²) < 4.78 is 11.5. The fourth-order valence-electron chi connectivity index (χ4n) is 5.70. The van der Waals surface area contributed by atoms with Crippen molar-refractivity contribution < 1.29 is 38.1 Å². The molecule has 4 aromatic rings. The molecule has 0 saturated carbocycles. The lowest BCUT2D eigenvalue weighted by Crippen LogP contribution is -2.45. The number of esters is 1. The van der Waals surface area contributed by atoms with Crippen LogP contribution in [0.2, 0.25) is 0 Å². The zero-order valence-corrected chi connectivity index (χ0v) is 26.5. The molecule has 14 nitrogen and oxygen atoms in total. The maximum Gasteiger partial charge on any atom is 0.376 e. The number of imide groups is 1. The summed E-state index contributed by atoms with van der Waals surface area (Å²) in [5.41, 5.74) is 7.70. The number of ether oxygens (including phenoxy) is 1. The summed E-state index contributed by atoms with van der Waals surface area (Å²) in [7, 11) is 0. The summed E-state index contributed by atoms with van der Waals surface area (Å²) in [6, 6.07) is 21.3. The van der Waals surface area contributed by atoms with Gasteiger partial charge in [0.25, 0.3) is 11.5 Å². The molecule has 0 spiro atoms. The van der Waals surface area contributed by atoms with E-state index >= 15 is 0 Å². The number of amides is 3. The van der Waals surface area contributed by atoms with Crippen LogP contribution in [0.1, 0.15) is 42.2 Å². The fourth-order valence-corrected chi connectivity index (χ4v) is 5.70. The monoisotopic (exact) mass is 665 g/mol. The van der Waals surface area contributed by atoms with Gasteiger partial charge in [0.05, 0.1) is 17.7 Å². The number of ketones is 1. The molecule has 49 heavy (non-hydrogen) atoms. The number of urea groups is 1. The van der Waals surface area contributed by atoms with Crippen LogP contribution in [-0.2, 0) is 30.6 Å². The summed E-state index contributed by atoms with van der Waals surface area (Å²) in [6.07, 6.45) is 1.23. The second-order valence-corrected chi connectivity index (χ2v) is 11.8. The van der Waals surface area contributed by atoms with Gasteiger partial charge in [-0.2, -0.15) is 10.6 Å². The Bertz CT molecular complexity index is 1920. The standard InChI is InChI=1S/C35H31N5O9/c1-20(2)32(33(42)34(43)47-19-28-26-9-5-3-7-24(26)25-8-4-6-10-27(25)28)38-48-18-22-15-29(21-11-13-23(14-12-21)40(45)46)49-30(22)16-36-39-17-31(41)37-35(39)44/h3-16,20,28,32,38H,17-19H2,1-2H3,(H,37,41,44)/b36-16+/t32-/m0/s1. The lowest BCUT2D eigenvalue weighted by atomic mass is 9.98. The highest BCUT2D eigenvalue weighted by Gasteiger charge is 2.33. The first-order chi connectivity index (χ1) is 23.6. The molecule has 1 aliphatic carbocycles. The lowest BCUT2D eigenvalue weighted by Gasteiger charge is -2.20. The summed E-state index contributed by atoms with van der Waals surface area (Å²) >= 11 is 0. The van der Waals surface area contributed by atoms with Crippen LogP contribution in [0.15, 0.2) is 88.4 Å². The molecule has 1 aromatic heterocycles. The minimum absolute atomic E-state index is 0.00591. The molecule has 3 amide bonds. The summed E-state index contributed by atoms with van der Waals surface area (Å²) in [4.78, 5) is 66.1. The topological polar surface area (TPSA) is 183 Å². The van der Waals surface area contributed by atoms with Crippen LogP contribution in [0.4, 0.5) is 10.5 Å². The quantitative estimate of drug-likeness (QED) is 0.0507. The number of fused-ring (bicyclic) bond motifs is 3. The van der Waals surface area contributed by atoms with Crippen LogP contribution in [0.3, 0.4) is 0 Å². The molecule has 1 saturated heterocycles. The van der Waals surface area contributed by atoms with Crippen molar-refractivity contribution in [2.24, 2.45) is 11.0 Å². The molecular formula is C35H31N5O9. The highest BCUT2D eigenvalue weighted by molar-refractivity contribution is 6.35. The number of hydrazone groups is 1. The minimum atomic E-state index is -1.05. The predicted molar refractivity (Wildman–Crippen MR) is 175 cm³/mol. The number of nitro groups is 1. The zero-order valence-electron chi connectivity index (χ0n) is 26.5. The Kier molecular flexibility index (Phi) is 9.42. The van der Waals surface area contributed by atoms with Crippen LogP contribution in [0.5, 0.6) is 0 Å². The van der Waals surface area contributed by atoms with Crippen molar-refractivity contribution in [1.29, 1.82) is 0 Å². The summed E-state index contributed by atoms with van der Waals surface area (Å²) in [5.74, 6) is -2.41. The largest absolute Gasteiger partial charge is 0.459 e. The van der Waals surface area contributed by atoms with Crippen LogP contribution in [0.25, 0.3) is 22.5 Å². The second kappa shape index (κ2) is 14.0. The average molecular weight is 666 g/mol. The van der Waals surface area contributed by atoms with Gasteiger partial charge >= 0.3 is 12.0 Å². The number of carbonyl (C=O) groups is 4. The Hall–Kier alpha value is -5.99. The molecule has 0 bridgehead atoms. The number of carbonyl (C=O) groups excluding carboxylic acids is 4. The molecule has 1 aliphatic heterocycles. The highest BCUT2D eigenvalue weighted by atomic mass is 16.6. The van der Waals surface area contributed by atoms with E-state index < -0.39 is 34.7 Å². The molecule has 2 heterocycles. The van der Waals surface area contributed by atoms with E-state index in [0.717, 1.165) is 27.3 Å². The van der Waals surface area contributed by atoms with Gasteiger partial charge in [-0.05, 0) is 46.4 Å². The number of nitro benzene ring substituents is 1. The molecule has 14 heteroatoms. The third kappa shape index (κ3) is 7.00. The third-order valence-electron chi connectivity index (χ3n) is 8.22. The van der Waals surface area contributed by atoms with Crippen LogP contribution in [-0.4, -0.2) is 59.0 Å². The smallest absolute Gasteiger partial charge is 0.376 e. The Balaban J connectivity index is 1.13. The number of hydroxylamine groups is 1. The van der Waals surface area contributed by atoms with Crippen LogP contribution < -0.4 is 10.8 Å². The van der Waals surface area contributed by atoms with E-state index in [2.05, 4.69) is 15.9 Å². The number of hydrogen-bond donors (Lipinski definition) is 2. The molecule has 3 aromatic carbocycles. The first-order valence-electron chi connectivity index (χ1n) is 15.4. The molecule has 2 aliphatic rings. The van der Waals surface area contributed by atoms with E-state index in [0.29, 0.717) is 16.9 Å². The average Bonchev–Trinajstić information content (AvgIpc) is 3.76. The number of furan rings is 1. The summed E-state index contributed by atoms with van der Waals surface area (Å²) in [6.45, 7) is 3.05. The van der Waals surface area contributed by atoms with Crippen molar-refractivity contribution in [3.05, 3.63) is 111 Å². The predicted octanol–water partition coefficient (Wildman–Crippen LogP) is 4.71. The molecule has 1 fully saturated rings. The number of non-ortho nitro benzene ring substituents is 1. The van der Waals surface area contributed by atoms with Crippen LogP contribution >= 0.6 is 0 Å². The van der Waals surface area contributed by atoms with Gasteiger partial charge in [-0.15, -0.1) is 0 Å². The van der Waals surface area contributed by atoms with Gasteiger partial charge in [-0.1, -0.05) is 62.4 Å². The van der Waals surface area contributed by atoms with Gasteiger partial charge in [-0.3, -0.25) is 29.9 Å². The molecule has 1 atom stereocenters. The number of benzene rings is 3. The van der Waals surface area contributed by atoms with E-state index in [4.69, 9.17) is 14.0 Å². The summed E-state index contributed by atoms with van der Waals surface area (Å²) in [5, 5.41) is 18.2. The minimum Gasteiger partial charge on any atom is -0.459 e. The van der Waals surface area contributed by atoms with Gasteiger partial charge in [0.15, 0.2) is 5.76 Å². The number of nitrogens with zero attached hydrogens (tertiary/aromatic N) is 3. The second-order valence-electron chi connectivity index (χ2n) is 11.8. The zero-order chi connectivity index (χ0) is 34.7. The highest BCUT2D eigenvalue weighted by Crippen LogP contribution is 2.44. The van der Waals surface area contributed by atoms with Gasteiger partial charge in [0.2, 0.25) is 5.91 Å². The first-order valence-corrected chi connectivity index (χ1v) is 15.4. The molecule has 0 radical (unpaired) electrons. The van der Waals surface area contributed by atoms with Crippen molar-refractivity contribution in [1.82, 2.24) is 15.8 Å². The normalized spacial score (nSPS) is 14.6. The number of hydrogen-bond acceptors (Lipinski definition) is 11.